The minimum absolute atomic E-state index is 0.997. The Morgan fingerprint density at radius 2 is 1.29 bits per heavy atom. The fourth-order valence-electron chi connectivity index (χ4n) is 2.20. The Balaban J connectivity index is 2.15. The summed E-state index contributed by atoms with van der Waals surface area (Å²) in [6.07, 6.45) is 1.99. The zero-order valence-corrected chi connectivity index (χ0v) is 8.46. The molecule has 3 rings (SSSR count). The number of fused-ring (bicyclic) bond motifs is 2. The molecule has 0 aliphatic carbocycles. The molecule has 0 amide bonds. The summed E-state index contributed by atoms with van der Waals surface area (Å²) in [6.45, 7) is 4.17. The first-order valence-corrected chi connectivity index (χ1v) is 4.96. The van der Waals surface area contributed by atoms with Crippen molar-refractivity contribution < 1.29 is 0 Å². The minimum atomic E-state index is 0.997. The van der Waals surface area contributed by atoms with Gasteiger partial charge in [0, 0.05) is 24.3 Å². The maximum absolute atomic E-state index is 4.52. The van der Waals surface area contributed by atoms with Crippen LogP contribution in [-0.2, 0) is 12.8 Å². The van der Waals surface area contributed by atoms with E-state index in [0.29, 0.717) is 0 Å². The average molecular weight is 184 g/mol. The lowest BCUT2D eigenvalue weighted by Gasteiger charge is -2.00. The maximum atomic E-state index is 4.52. The molecule has 0 unspecified atom stereocenters. The highest BCUT2D eigenvalue weighted by Gasteiger charge is 2.18. The lowest BCUT2D eigenvalue weighted by molar-refractivity contribution is 1.33. The highest BCUT2D eigenvalue weighted by molar-refractivity contribution is 5.96. The van der Waals surface area contributed by atoms with E-state index in [2.05, 4.69) is 36.0 Å². The van der Waals surface area contributed by atoms with Crippen molar-refractivity contribution in [3.63, 3.8) is 0 Å². The van der Waals surface area contributed by atoms with Gasteiger partial charge in [0.2, 0.25) is 0 Å². The van der Waals surface area contributed by atoms with Gasteiger partial charge in [-0.3, -0.25) is 9.98 Å². The van der Waals surface area contributed by atoms with Gasteiger partial charge in [0.1, 0.15) is 0 Å². The van der Waals surface area contributed by atoms with Gasteiger partial charge in [0.15, 0.2) is 0 Å². The molecule has 1 aromatic carbocycles. The SMILES string of the molecule is CC1=Nc2cc3c(cc2C1)N=C(C)C3. The van der Waals surface area contributed by atoms with Gasteiger partial charge >= 0.3 is 0 Å². The van der Waals surface area contributed by atoms with Gasteiger partial charge < -0.3 is 0 Å². The van der Waals surface area contributed by atoms with Gasteiger partial charge in [-0.15, -0.1) is 0 Å². The summed E-state index contributed by atoms with van der Waals surface area (Å²) in [5.41, 5.74) is 7.41. The smallest absolute Gasteiger partial charge is 0.0669 e. The molecule has 0 spiro atoms. The number of hydrogen-bond acceptors (Lipinski definition) is 2. The summed E-state index contributed by atoms with van der Waals surface area (Å²) < 4.78 is 0. The molecule has 2 heteroatoms. The van der Waals surface area contributed by atoms with Crippen LogP contribution in [0, 0.1) is 0 Å². The molecule has 2 aliphatic heterocycles. The van der Waals surface area contributed by atoms with Crippen molar-refractivity contribution in [1.29, 1.82) is 0 Å². The average Bonchev–Trinajstić information content (AvgIpc) is 2.59. The third-order valence-electron chi connectivity index (χ3n) is 2.80. The first kappa shape index (κ1) is 7.92. The van der Waals surface area contributed by atoms with E-state index < -0.39 is 0 Å². The second kappa shape index (κ2) is 2.53. The predicted octanol–water partition coefficient (Wildman–Crippen LogP) is 2.98. The minimum Gasteiger partial charge on any atom is -0.257 e. The fourth-order valence-corrected chi connectivity index (χ4v) is 2.20. The molecule has 2 nitrogen and oxygen atoms in total. The van der Waals surface area contributed by atoms with Crippen LogP contribution >= 0.6 is 0 Å². The van der Waals surface area contributed by atoms with E-state index in [0.717, 1.165) is 24.2 Å². The summed E-state index contributed by atoms with van der Waals surface area (Å²) in [5.74, 6) is 0. The molecule has 14 heavy (non-hydrogen) atoms. The Morgan fingerprint density at radius 1 is 0.857 bits per heavy atom. The summed E-state index contributed by atoms with van der Waals surface area (Å²) in [6, 6.07) is 4.39. The third kappa shape index (κ3) is 1.03. The lowest BCUT2D eigenvalue weighted by atomic mass is 10.0. The van der Waals surface area contributed by atoms with Crippen LogP contribution in [-0.4, -0.2) is 11.4 Å². The molecule has 0 N–H and O–H groups in total. The van der Waals surface area contributed by atoms with Crippen molar-refractivity contribution in [2.45, 2.75) is 26.7 Å². The molecular weight excluding hydrogens is 172 g/mol. The van der Waals surface area contributed by atoms with Crippen molar-refractivity contribution >= 4 is 22.8 Å². The van der Waals surface area contributed by atoms with Crippen LogP contribution in [0.15, 0.2) is 22.1 Å². The van der Waals surface area contributed by atoms with Crippen molar-refractivity contribution in [3.05, 3.63) is 23.3 Å². The van der Waals surface area contributed by atoms with Crippen LogP contribution in [0.2, 0.25) is 0 Å². The Labute approximate surface area is 83.4 Å². The zero-order valence-electron chi connectivity index (χ0n) is 8.46. The molecule has 0 saturated heterocycles. The van der Waals surface area contributed by atoms with E-state index in [1.807, 2.05) is 0 Å². The second-order valence-corrected chi connectivity index (χ2v) is 4.16. The maximum Gasteiger partial charge on any atom is 0.0669 e. The van der Waals surface area contributed by atoms with Crippen molar-refractivity contribution in [2.24, 2.45) is 9.98 Å². The molecule has 0 atom stereocenters. The van der Waals surface area contributed by atoms with Gasteiger partial charge in [-0.2, -0.15) is 0 Å². The molecule has 2 aliphatic rings. The summed E-state index contributed by atoms with van der Waals surface area (Å²) in [5, 5.41) is 0. The van der Waals surface area contributed by atoms with E-state index in [1.165, 1.54) is 22.6 Å². The number of aliphatic imine (C=N–C) groups is 2. The molecule has 0 aromatic heterocycles. The van der Waals surface area contributed by atoms with Gasteiger partial charge in [0.05, 0.1) is 11.4 Å². The van der Waals surface area contributed by atoms with Crippen molar-refractivity contribution in [1.82, 2.24) is 0 Å². The van der Waals surface area contributed by atoms with Crippen LogP contribution in [0.4, 0.5) is 11.4 Å². The molecule has 0 saturated carbocycles. The van der Waals surface area contributed by atoms with E-state index >= 15 is 0 Å². The van der Waals surface area contributed by atoms with Gasteiger partial charge in [0.25, 0.3) is 0 Å². The third-order valence-corrected chi connectivity index (χ3v) is 2.80. The van der Waals surface area contributed by atoms with Crippen LogP contribution in [0.5, 0.6) is 0 Å². The Hall–Kier alpha value is -1.44. The fraction of sp³-hybridized carbons (Fsp3) is 0.333. The Morgan fingerprint density at radius 3 is 1.71 bits per heavy atom. The number of rotatable bonds is 0. The van der Waals surface area contributed by atoms with Crippen LogP contribution < -0.4 is 0 Å². The number of nitrogens with zero attached hydrogens (tertiary/aromatic N) is 2. The number of benzene rings is 1. The largest absolute Gasteiger partial charge is 0.257 e. The molecule has 1 aromatic rings. The highest BCUT2D eigenvalue weighted by atomic mass is 14.8. The van der Waals surface area contributed by atoms with Gasteiger partial charge in [-0.25, -0.2) is 0 Å². The lowest BCUT2D eigenvalue weighted by Crippen LogP contribution is -1.89. The summed E-state index contributed by atoms with van der Waals surface area (Å²) in [7, 11) is 0. The quantitative estimate of drug-likeness (QED) is 0.592. The topological polar surface area (TPSA) is 24.7 Å². The predicted molar refractivity (Wildman–Crippen MR) is 59.4 cm³/mol. The van der Waals surface area contributed by atoms with Crippen LogP contribution in [0.1, 0.15) is 25.0 Å². The van der Waals surface area contributed by atoms with Crippen LogP contribution in [0.3, 0.4) is 0 Å². The highest BCUT2D eigenvalue weighted by Crippen LogP contribution is 2.36. The Bertz CT molecular complexity index is 436. The van der Waals surface area contributed by atoms with Crippen molar-refractivity contribution in [3.8, 4) is 0 Å². The van der Waals surface area contributed by atoms with E-state index in [1.54, 1.807) is 0 Å². The first-order chi connectivity index (χ1) is 6.72. The monoisotopic (exact) mass is 184 g/mol. The molecule has 0 bridgehead atoms. The van der Waals surface area contributed by atoms with Crippen LogP contribution in [0.25, 0.3) is 0 Å². The summed E-state index contributed by atoms with van der Waals surface area (Å²) >= 11 is 0. The normalized spacial score (nSPS) is 17.6. The number of hydrogen-bond donors (Lipinski definition) is 0. The standard InChI is InChI=1S/C12H12N2/c1-7-3-9-5-12-10(4-8(2)14-12)6-11(9)13-7/h5-6H,3-4H2,1-2H3. The van der Waals surface area contributed by atoms with Crippen molar-refractivity contribution in [2.75, 3.05) is 0 Å². The molecule has 0 radical (unpaired) electrons. The van der Waals surface area contributed by atoms with Gasteiger partial charge in [-0.05, 0) is 37.1 Å². The molecular formula is C12H12N2. The van der Waals surface area contributed by atoms with E-state index in [9.17, 15) is 0 Å². The van der Waals surface area contributed by atoms with E-state index in [-0.39, 0.29) is 0 Å². The second-order valence-electron chi connectivity index (χ2n) is 4.16. The Kier molecular flexibility index (Phi) is 1.43. The first-order valence-electron chi connectivity index (χ1n) is 4.96. The molecule has 2 heterocycles. The summed E-state index contributed by atoms with van der Waals surface area (Å²) in [4.78, 5) is 9.04. The molecule has 70 valence electrons. The zero-order chi connectivity index (χ0) is 9.71. The molecule has 0 fully saturated rings. The van der Waals surface area contributed by atoms with E-state index in [4.69, 9.17) is 0 Å². The van der Waals surface area contributed by atoms with Gasteiger partial charge in [-0.1, -0.05) is 0 Å².